The smallest absolute Gasteiger partial charge is 0.248 e. The van der Waals surface area contributed by atoms with Gasteiger partial charge in [0.1, 0.15) is 42.1 Å². The van der Waals surface area contributed by atoms with Gasteiger partial charge in [-0.15, -0.1) is 0 Å². The molecule has 0 spiro atoms. The summed E-state index contributed by atoms with van der Waals surface area (Å²) in [4.78, 5) is 47.4. The molecule has 2 atom stereocenters. The van der Waals surface area contributed by atoms with Crippen molar-refractivity contribution in [3.05, 3.63) is 103 Å². The summed E-state index contributed by atoms with van der Waals surface area (Å²) >= 11 is 0. The van der Waals surface area contributed by atoms with Crippen molar-refractivity contribution in [1.29, 1.82) is 0 Å². The van der Waals surface area contributed by atoms with E-state index in [2.05, 4.69) is 25.5 Å². The Morgan fingerprint density at radius 2 is 1.86 bits per heavy atom. The van der Waals surface area contributed by atoms with Crippen LogP contribution in [0.5, 0.6) is 0 Å². The first-order valence-corrected chi connectivity index (χ1v) is 16.6. The highest BCUT2D eigenvalue weighted by atomic mass is 19.1. The summed E-state index contributed by atoms with van der Waals surface area (Å²) in [5.74, 6) is -0.657. The summed E-state index contributed by atoms with van der Waals surface area (Å²) < 4.78 is 31.4. The van der Waals surface area contributed by atoms with Gasteiger partial charge in [-0.25, -0.2) is 28.4 Å². The first-order valence-electron chi connectivity index (χ1n) is 16.6. The lowest BCUT2D eigenvalue weighted by atomic mass is 10.1. The number of anilines is 3. The molecule has 1 fully saturated rings. The number of nitrogens with one attached hydrogen (secondary N) is 1. The lowest BCUT2D eigenvalue weighted by molar-refractivity contribution is -0.131. The van der Waals surface area contributed by atoms with Crippen molar-refractivity contribution in [1.82, 2.24) is 39.4 Å². The molecule has 0 saturated carbocycles. The zero-order chi connectivity index (χ0) is 35.1. The number of rotatable bonds is 4. The van der Waals surface area contributed by atoms with Gasteiger partial charge in [0.2, 0.25) is 11.8 Å². The van der Waals surface area contributed by atoms with Crippen molar-refractivity contribution in [2.24, 2.45) is 0 Å². The van der Waals surface area contributed by atoms with E-state index in [4.69, 9.17) is 4.98 Å². The maximum atomic E-state index is 14.8. The molecule has 2 aromatic carbocycles. The van der Waals surface area contributed by atoms with Crippen LogP contribution in [0.4, 0.5) is 26.1 Å². The first-order chi connectivity index (χ1) is 24.8. The average molecular weight is 690 g/mol. The molecule has 258 valence electrons. The van der Waals surface area contributed by atoms with E-state index in [9.17, 15) is 18.4 Å². The molecule has 0 aliphatic carbocycles. The maximum absolute atomic E-state index is 14.8. The van der Waals surface area contributed by atoms with Crippen LogP contribution < -0.4 is 15.1 Å². The molecule has 8 rings (SSSR count). The molecule has 2 amide bonds. The minimum absolute atomic E-state index is 0.0375. The minimum atomic E-state index is -0.785. The molecule has 2 aliphatic heterocycles. The zero-order valence-electron chi connectivity index (χ0n) is 27.6. The highest BCUT2D eigenvalue weighted by molar-refractivity contribution is 5.97. The van der Waals surface area contributed by atoms with Crippen molar-refractivity contribution < 1.29 is 18.4 Å². The van der Waals surface area contributed by atoms with Crippen molar-refractivity contribution >= 4 is 40.2 Å². The van der Waals surface area contributed by atoms with Gasteiger partial charge in [0.15, 0.2) is 11.5 Å². The molecular formula is C36H33F2N11O2. The summed E-state index contributed by atoms with van der Waals surface area (Å²) in [6.45, 7) is 1.21. The van der Waals surface area contributed by atoms with E-state index in [1.807, 2.05) is 47.4 Å². The number of hydrogen-bond donors (Lipinski definition) is 1. The summed E-state index contributed by atoms with van der Waals surface area (Å²) in [6.07, 6.45) is 7.23. The molecule has 0 radical (unpaired) electrons. The molecule has 13 nitrogen and oxygen atoms in total. The van der Waals surface area contributed by atoms with E-state index in [0.29, 0.717) is 60.8 Å². The Labute approximate surface area is 291 Å². The van der Waals surface area contributed by atoms with E-state index in [1.165, 1.54) is 23.3 Å². The number of likely N-dealkylation sites (N-methyl/N-ethyl adjacent to an activating group) is 1. The van der Waals surface area contributed by atoms with Crippen molar-refractivity contribution in [3.8, 4) is 16.9 Å². The lowest BCUT2D eigenvalue weighted by Crippen LogP contribution is -2.45. The monoisotopic (exact) mass is 689 g/mol. The number of carbonyl (C=O) groups is 2. The van der Waals surface area contributed by atoms with Gasteiger partial charge in [0.05, 0.1) is 23.0 Å². The molecule has 15 heteroatoms. The number of carbonyl (C=O) groups excluding carboxylic acids is 2. The predicted molar refractivity (Wildman–Crippen MR) is 186 cm³/mol. The fourth-order valence-electron chi connectivity index (χ4n) is 6.93. The van der Waals surface area contributed by atoms with Crippen molar-refractivity contribution in [3.63, 3.8) is 0 Å². The summed E-state index contributed by atoms with van der Waals surface area (Å²) in [7, 11) is 1.76. The fourth-order valence-corrected chi connectivity index (χ4v) is 6.93. The van der Waals surface area contributed by atoms with Crippen LogP contribution in [0.2, 0.25) is 0 Å². The molecule has 1 saturated heterocycles. The van der Waals surface area contributed by atoms with E-state index in [-0.39, 0.29) is 30.1 Å². The number of pyridine rings is 1. The molecule has 4 bridgehead atoms. The van der Waals surface area contributed by atoms with Crippen LogP contribution in [0.3, 0.4) is 0 Å². The minimum Gasteiger partial charge on any atom is -0.365 e. The Morgan fingerprint density at radius 3 is 2.71 bits per heavy atom. The van der Waals surface area contributed by atoms with E-state index >= 15 is 0 Å². The first kappa shape index (κ1) is 32.0. The molecular weight excluding hydrogens is 656 g/mol. The molecule has 6 heterocycles. The fraction of sp³-hybridized carbons (Fsp3) is 0.250. The SMILES string of the molecule is CN1CCCN(C(=O)Cn2cccn2)c2ccccc2-c2cccc(n2)N[C@H]2C[C@@H](C1=O)N(c1ncnc3c1cnn3-c1ccc(F)cc1F)C2. The van der Waals surface area contributed by atoms with Crippen LogP contribution in [0.15, 0.2) is 91.6 Å². The van der Waals surface area contributed by atoms with Gasteiger partial charge in [-0.2, -0.15) is 10.2 Å². The van der Waals surface area contributed by atoms with Crippen LogP contribution in [-0.4, -0.2) is 90.0 Å². The second kappa shape index (κ2) is 13.2. The van der Waals surface area contributed by atoms with E-state index < -0.39 is 17.7 Å². The highest BCUT2D eigenvalue weighted by Gasteiger charge is 2.40. The zero-order valence-corrected chi connectivity index (χ0v) is 27.6. The second-order valence-corrected chi connectivity index (χ2v) is 12.6. The quantitative estimate of drug-likeness (QED) is 0.288. The third-order valence-corrected chi connectivity index (χ3v) is 9.32. The molecule has 6 aromatic rings. The number of fused-ring (bicyclic) bond motifs is 7. The standard InChI is InChI=1S/C36H33F2N11O2/c1-45-14-6-16-47(33(50)21-46-15-5-13-41-46)29-9-3-2-7-25(29)28-8-4-10-32(44-28)43-24-18-31(36(45)51)48(20-24)34-26-19-42-49(35(26)40-22-39-34)30-12-11-23(37)17-27(30)38/h2-5,7-13,15,17,19,22,24,31H,6,14,16,18,20-21H2,1H3,(H,43,44)/t24-,31-/m0/s1. The predicted octanol–water partition coefficient (Wildman–Crippen LogP) is 4.31. The van der Waals surface area contributed by atoms with Crippen LogP contribution in [0.25, 0.3) is 28.0 Å². The number of hydrogen-bond acceptors (Lipinski definition) is 9. The Hall–Kier alpha value is -6.25. The molecule has 1 N–H and O–H groups in total. The summed E-state index contributed by atoms with van der Waals surface area (Å²) in [5, 5.41) is 12.7. The van der Waals surface area contributed by atoms with Crippen LogP contribution >= 0.6 is 0 Å². The van der Waals surface area contributed by atoms with Crippen LogP contribution in [0, 0.1) is 11.6 Å². The number of nitrogens with zero attached hydrogens (tertiary/aromatic N) is 10. The number of aromatic nitrogens is 7. The van der Waals surface area contributed by atoms with Crippen molar-refractivity contribution in [2.45, 2.75) is 31.5 Å². The number of amides is 2. The van der Waals surface area contributed by atoms with Gasteiger partial charge in [-0.3, -0.25) is 14.3 Å². The van der Waals surface area contributed by atoms with Crippen LogP contribution in [0.1, 0.15) is 12.8 Å². The maximum Gasteiger partial charge on any atom is 0.248 e. The van der Waals surface area contributed by atoms with Gasteiger partial charge in [0.25, 0.3) is 0 Å². The highest BCUT2D eigenvalue weighted by Crippen LogP contribution is 2.35. The molecule has 0 unspecified atom stereocenters. The number of halogens is 2. The topological polar surface area (TPSA) is 130 Å². The number of benzene rings is 2. The van der Waals surface area contributed by atoms with Gasteiger partial charge in [-0.05, 0) is 49.2 Å². The molecule has 4 aromatic heterocycles. The molecule has 2 aliphatic rings. The third kappa shape index (κ3) is 6.11. The van der Waals surface area contributed by atoms with Gasteiger partial charge in [-0.1, -0.05) is 24.3 Å². The second-order valence-electron chi connectivity index (χ2n) is 12.6. The van der Waals surface area contributed by atoms with Gasteiger partial charge < -0.3 is 20.0 Å². The summed E-state index contributed by atoms with van der Waals surface area (Å²) in [6, 6.07) is 17.6. The lowest BCUT2D eigenvalue weighted by Gasteiger charge is -2.30. The Bertz CT molecular complexity index is 2240. The Morgan fingerprint density at radius 1 is 0.980 bits per heavy atom. The van der Waals surface area contributed by atoms with E-state index in [1.54, 1.807) is 40.0 Å². The van der Waals surface area contributed by atoms with Crippen molar-refractivity contribution in [2.75, 3.05) is 41.8 Å². The third-order valence-electron chi connectivity index (χ3n) is 9.32. The number of para-hydroxylation sites is 1. The Balaban J connectivity index is 1.16. The normalized spacial score (nSPS) is 17.9. The Kier molecular flexibility index (Phi) is 8.29. The van der Waals surface area contributed by atoms with E-state index in [0.717, 1.165) is 23.4 Å². The van der Waals surface area contributed by atoms with Gasteiger partial charge in [0, 0.05) is 56.7 Å². The summed E-state index contributed by atoms with van der Waals surface area (Å²) in [5.41, 5.74) is 2.58. The largest absolute Gasteiger partial charge is 0.365 e. The van der Waals surface area contributed by atoms with Gasteiger partial charge >= 0.3 is 0 Å². The van der Waals surface area contributed by atoms with Crippen LogP contribution in [-0.2, 0) is 16.1 Å². The molecule has 51 heavy (non-hydrogen) atoms. The average Bonchev–Trinajstić information content (AvgIpc) is 3.90.